The summed E-state index contributed by atoms with van der Waals surface area (Å²) < 4.78 is 0.468. The highest BCUT2D eigenvalue weighted by Crippen LogP contribution is 2.31. The van der Waals surface area contributed by atoms with E-state index in [-0.39, 0.29) is 22.7 Å². The molecule has 0 saturated carbocycles. The normalized spacial score (nSPS) is 12.3. The molecule has 1 unspecified atom stereocenters. The largest absolute Gasteiger partial charge is 0.506 e. The van der Waals surface area contributed by atoms with E-state index in [9.17, 15) is 15.0 Å². The first-order valence-corrected chi connectivity index (χ1v) is 5.48. The van der Waals surface area contributed by atoms with Crippen LogP contribution >= 0.6 is 11.3 Å². The first-order valence-electron chi connectivity index (χ1n) is 4.67. The first-order chi connectivity index (χ1) is 8.13. The SMILES string of the molecule is [N-]=[N+]=NCC(O)c1ccc(O)c2[nH]c(=O)sc12. The highest BCUT2D eigenvalue weighted by molar-refractivity contribution is 7.16. The molecule has 0 fully saturated rings. The van der Waals surface area contributed by atoms with E-state index in [1.165, 1.54) is 12.1 Å². The summed E-state index contributed by atoms with van der Waals surface area (Å²) in [6.07, 6.45) is -1.000. The Bertz CT molecular complexity index is 656. The molecular formula is C9H8N4O3S. The van der Waals surface area contributed by atoms with Gasteiger partial charge in [0, 0.05) is 10.5 Å². The van der Waals surface area contributed by atoms with Gasteiger partial charge in [-0.1, -0.05) is 22.5 Å². The number of H-pyrrole nitrogens is 1. The summed E-state index contributed by atoms with van der Waals surface area (Å²) in [5.74, 6) is -0.0573. The number of hydrogen-bond acceptors (Lipinski definition) is 5. The second kappa shape index (κ2) is 4.46. The van der Waals surface area contributed by atoms with Gasteiger partial charge in [-0.05, 0) is 11.6 Å². The predicted octanol–water partition coefficient (Wildman–Crippen LogP) is 1.64. The van der Waals surface area contributed by atoms with Gasteiger partial charge in [0.2, 0.25) is 0 Å². The number of phenols is 1. The highest BCUT2D eigenvalue weighted by atomic mass is 32.1. The standard InChI is InChI=1S/C9H8N4O3S/c10-13-11-3-6(15)4-1-2-5(14)7-8(4)17-9(16)12-7/h1-2,6,14-15H,3H2,(H,12,16). The molecule has 0 spiro atoms. The number of fused-ring (bicyclic) bond motifs is 1. The summed E-state index contributed by atoms with van der Waals surface area (Å²) in [7, 11) is 0. The second-order valence-electron chi connectivity index (χ2n) is 3.32. The van der Waals surface area contributed by atoms with Crippen LogP contribution in [0.2, 0.25) is 0 Å². The maximum Gasteiger partial charge on any atom is 0.305 e. The Hall–Kier alpha value is -2.02. The Morgan fingerprint density at radius 2 is 2.35 bits per heavy atom. The molecule has 2 aromatic rings. The van der Waals surface area contributed by atoms with Crippen LogP contribution in [0, 0.1) is 0 Å². The van der Waals surface area contributed by atoms with Gasteiger partial charge in [0.25, 0.3) is 0 Å². The Kier molecular flexibility index (Phi) is 3.01. The molecule has 0 amide bonds. The highest BCUT2D eigenvalue weighted by Gasteiger charge is 2.15. The lowest BCUT2D eigenvalue weighted by Crippen LogP contribution is -2.00. The van der Waals surface area contributed by atoms with E-state index in [1.54, 1.807) is 0 Å². The van der Waals surface area contributed by atoms with Crippen molar-refractivity contribution in [3.63, 3.8) is 0 Å². The molecule has 0 bridgehead atoms. The molecule has 1 aromatic carbocycles. The van der Waals surface area contributed by atoms with Gasteiger partial charge in [-0.2, -0.15) is 0 Å². The van der Waals surface area contributed by atoms with Gasteiger partial charge >= 0.3 is 4.87 Å². The van der Waals surface area contributed by atoms with Crippen molar-refractivity contribution in [2.24, 2.45) is 5.11 Å². The maximum atomic E-state index is 11.2. The van der Waals surface area contributed by atoms with Crippen LogP contribution in [0.15, 0.2) is 22.0 Å². The molecule has 1 heterocycles. The van der Waals surface area contributed by atoms with Crippen LogP contribution in [-0.2, 0) is 0 Å². The van der Waals surface area contributed by atoms with E-state index in [1.807, 2.05) is 0 Å². The summed E-state index contributed by atoms with van der Waals surface area (Å²) in [6, 6.07) is 2.87. The molecule has 0 saturated heterocycles. The van der Waals surface area contributed by atoms with Crippen molar-refractivity contribution in [1.82, 2.24) is 4.98 Å². The molecule has 0 aliphatic rings. The number of rotatable bonds is 3. The van der Waals surface area contributed by atoms with E-state index in [0.29, 0.717) is 10.3 Å². The van der Waals surface area contributed by atoms with Gasteiger partial charge in [0.05, 0.1) is 17.3 Å². The monoisotopic (exact) mass is 252 g/mol. The Morgan fingerprint density at radius 3 is 3.06 bits per heavy atom. The third-order valence-electron chi connectivity index (χ3n) is 2.26. The molecule has 1 aromatic heterocycles. The Morgan fingerprint density at radius 1 is 1.59 bits per heavy atom. The predicted molar refractivity (Wildman–Crippen MR) is 63.1 cm³/mol. The zero-order valence-corrected chi connectivity index (χ0v) is 9.31. The van der Waals surface area contributed by atoms with E-state index in [0.717, 1.165) is 11.3 Å². The van der Waals surface area contributed by atoms with E-state index < -0.39 is 6.10 Å². The molecule has 8 heteroatoms. The van der Waals surface area contributed by atoms with E-state index in [4.69, 9.17) is 5.53 Å². The molecule has 2 rings (SSSR count). The van der Waals surface area contributed by atoms with Gasteiger partial charge in [-0.15, -0.1) is 0 Å². The molecule has 17 heavy (non-hydrogen) atoms. The number of phenolic OH excluding ortho intramolecular Hbond substituents is 1. The average molecular weight is 252 g/mol. The van der Waals surface area contributed by atoms with Gasteiger partial charge < -0.3 is 15.2 Å². The fraction of sp³-hybridized carbons (Fsp3) is 0.222. The third-order valence-corrected chi connectivity index (χ3v) is 3.20. The zero-order chi connectivity index (χ0) is 12.4. The second-order valence-corrected chi connectivity index (χ2v) is 4.30. The molecule has 7 nitrogen and oxygen atoms in total. The van der Waals surface area contributed by atoms with Crippen LogP contribution in [0.4, 0.5) is 0 Å². The van der Waals surface area contributed by atoms with Crippen molar-refractivity contribution in [3.05, 3.63) is 37.8 Å². The number of hydrogen-bond donors (Lipinski definition) is 3. The molecule has 0 aliphatic heterocycles. The molecular weight excluding hydrogens is 244 g/mol. The van der Waals surface area contributed by atoms with E-state index in [2.05, 4.69) is 15.0 Å². The number of nitrogens with zero attached hydrogens (tertiary/aromatic N) is 3. The van der Waals surface area contributed by atoms with Crippen molar-refractivity contribution in [2.75, 3.05) is 6.54 Å². The number of aromatic amines is 1. The van der Waals surface area contributed by atoms with Crippen molar-refractivity contribution < 1.29 is 10.2 Å². The summed E-state index contributed by atoms with van der Waals surface area (Å²) in [5.41, 5.74) is 8.92. The van der Waals surface area contributed by atoms with Crippen LogP contribution < -0.4 is 4.87 Å². The van der Waals surface area contributed by atoms with E-state index >= 15 is 0 Å². The molecule has 1 atom stereocenters. The van der Waals surface area contributed by atoms with Crippen molar-refractivity contribution >= 4 is 21.6 Å². The van der Waals surface area contributed by atoms with Gasteiger partial charge in [-0.25, -0.2) is 0 Å². The van der Waals surface area contributed by atoms with Crippen LogP contribution in [0.5, 0.6) is 5.75 Å². The molecule has 3 N–H and O–H groups in total. The number of aromatic nitrogens is 1. The van der Waals surface area contributed by atoms with Gasteiger partial charge in [0.1, 0.15) is 11.3 Å². The number of benzene rings is 1. The Labute approximate surface area is 98.6 Å². The third kappa shape index (κ3) is 2.09. The van der Waals surface area contributed by atoms with Gasteiger partial charge in [0.15, 0.2) is 0 Å². The summed E-state index contributed by atoms with van der Waals surface area (Å²) in [4.78, 5) is 15.9. The summed E-state index contributed by atoms with van der Waals surface area (Å²) in [5, 5.41) is 22.6. The molecule has 88 valence electrons. The molecule has 0 aliphatic carbocycles. The van der Waals surface area contributed by atoms with Crippen molar-refractivity contribution in [1.29, 1.82) is 0 Å². The zero-order valence-electron chi connectivity index (χ0n) is 8.49. The van der Waals surface area contributed by atoms with Crippen molar-refractivity contribution in [2.45, 2.75) is 6.10 Å². The quantitative estimate of drug-likeness (QED) is 0.437. The minimum atomic E-state index is -1.000. The lowest BCUT2D eigenvalue weighted by molar-refractivity contribution is 0.188. The number of nitrogens with one attached hydrogen (secondary N) is 1. The van der Waals surface area contributed by atoms with Crippen LogP contribution in [0.3, 0.4) is 0 Å². The number of azide groups is 1. The maximum absolute atomic E-state index is 11.2. The van der Waals surface area contributed by atoms with Crippen LogP contribution in [0.1, 0.15) is 11.7 Å². The van der Waals surface area contributed by atoms with Crippen LogP contribution in [0.25, 0.3) is 20.7 Å². The van der Waals surface area contributed by atoms with Crippen molar-refractivity contribution in [3.8, 4) is 5.75 Å². The first kappa shape index (κ1) is 11.5. The number of aromatic hydroxyl groups is 1. The topological polar surface area (TPSA) is 122 Å². The minimum Gasteiger partial charge on any atom is -0.506 e. The summed E-state index contributed by atoms with van der Waals surface area (Å²) in [6.45, 7) is -0.123. The lowest BCUT2D eigenvalue weighted by atomic mass is 10.1. The fourth-order valence-corrected chi connectivity index (χ4v) is 2.43. The average Bonchev–Trinajstić information content (AvgIpc) is 2.69. The number of aliphatic hydroxyl groups is 1. The molecule has 0 radical (unpaired) electrons. The number of thiazole rings is 1. The smallest absolute Gasteiger partial charge is 0.305 e. The lowest BCUT2D eigenvalue weighted by Gasteiger charge is -2.08. The fourth-order valence-electron chi connectivity index (χ4n) is 1.51. The number of aliphatic hydroxyl groups excluding tert-OH is 1. The summed E-state index contributed by atoms with van der Waals surface area (Å²) >= 11 is 0.889. The van der Waals surface area contributed by atoms with Crippen LogP contribution in [-0.4, -0.2) is 21.7 Å². The minimum absolute atomic E-state index is 0.0573. The Balaban J connectivity index is 2.58. The van der Waals surface area contributed by atoms with Gasteiger partial charge in [-0.3, -0.25) is 4.79 Å².